The van der Waals surface area contributed by atoms with Crippen molar-refractivity contribution in [3.63, 3.8) is 0 Å². The van der Waals surface area contributed by atoms with Gasteiger partial charge in [-0.05, 0) is 24.3 Å². The van der Waals surface area contributed by atoms with Gasteiger partial charge in [-0.15, -0.1) is 0 Å². The van der Waals surface area contributed by atoms with E-state index in [1.54, 1.807) is 24.3 Å². The van der Waals surface area contributed by atoms with Gasteiger partial charge in [0.25, 0.3) is 0 Å². The molecule has 0 atom stereocenters. The van der Waals surface area contributed by atoms with E-state index in [9.17, 15) is 9.59 Å². The molecule has 0 aromatic heterocycles. The molecular formula is C19H20O4Si. The Balaban J connectivity index is 1.53. The topological polar surface area (TPSA) is 52.6 Å². The predicted molar refractivity (Wildman–Crippen MR) is 93.4 cm³/mol. The molecule has 124 valence electrons. The molecule has 24 heavy (non-hydrogen) atoms. The van der Waals surface area contributed by atoms with Crippen molar-refractivity contribution in [3.8, 4) is 0 Å². The van der Waals surface area contributed by atoms with Crippen LogP contribution >= 0.6 is 0 Å². The number of rotatable bonds is 6. The molecule has 3 rings (SSSR count). The minimum Gasteiger partial charge on any atom is -0.466 e. The fraction of sp³-hybridized carbons (Fsp3) is 0.263. The van der Waals surface area contributed by atoms with Gasteiger partial charge >= 0.3 is 11.9 Å². The van der Waals surface area contributed by atoms with Gasteiger partial charge in [0.1, 0.15) is 8.07 Å². The normalized spacial score (nSPS) is 15.2. The number of hydrogen-bond acceptors (Lipinski definition) is 4. The lowest BCUT2D eigenvalue weighted by Crippen LogP contribution is -2.52. The number of esters is 2. The Morgan fingerprint density at radius 3 is 1.50 bits per heavy atom. The summed E-state index contributed by atoms with van der Waals surface area (Å²) in [6, 6.07) is 20.0. The molecule has 5 heteroatoms. The summed E-state index contributed by atoms with van der Waals surface area (Å²) >= 11 is 0. The zero-order chi connectivity index (χ0) is 16.8. The Kier molecular flexibility index (Phi) is 5.10. The molecule has 4 nitrogen and oxygen atoms in total. The summed E-state index contributed by atoms with van der Waals surface area (Å²) in [5, 5.41) is 0. The van der Waals surface area contributed by atoms with Crippen LogP contribution in [0.5, 0.6) is 0 Å². The smallest absolute Gasteiger partial charge is 0.337 e. The molecule has 0 spiro atoms. The minimum atomic E-state index is -1.82. The molecular weight excluding hydrogens is 320 g/mol. The quantitative estimate of drug-likeness (QED) is 0.595. The summed E-state index contributed by atoms with van der Waals surface area (Å²) < 4.78 is 11.0. The van der Waals surface area contributed by atoms with E-state index in [1.165, 1.54) is 0 Å². The molecule has 0 N–H and O–H groups in total. The predicted octanol–water partition coefficient (Wildman–Crippen LogP) is 3.63. The van der Waals surface area contributed by atoms with Crippen LogP contribution in [0.2, 0.25) is 12.1 Å². The van der Waals surface area contributed by atoms with Gasteiger partial charge in [0.2, 0.25) is 0 Å². The van der Waals surface area contributed by atoms with Crippen LogP contribution in [0.4, 0.5) is 0 Å². The molecule has 2 aromatic rings. The van der Waals surface area contributed by atoms with Crippen molar-refractivity contribution in [2.75, 3.05) is 12.5 Å². The number of carbonyl (C=O) groups is 2. The third-order valence-corrected chi connectivity index (χ3v) is 8.79. The zero-order valence-corrected chi connectivity index (χ0v) is 14.4. The lowest BCUT2D eigenvalue weighted by Gasteiger charge is -2.37. The molecule has 1 aliphatic rings. The number of benzene rings is 2. The average molecular weight is 340 g/mol. The second-order valence-corrected chi connectivity index (χ2v) is 10.8. The maximum Gasteiger partial charge on any atom is 0.337 e. The Morgan fingerprint density at radius 2 is 1.17 bits per heavy atom. The van der Waals surface area contributed by atoms with Crippen LogP contribution in [0, 0.1) is 0 Å². The van der Waals surface area contributed by atoms with Gasteiger partial charge in [0.15, 0.2) is 0 Å². The Hall–Kier alpha value is -2.40. The van der Waals surface area contributed by atoms with Gasteiger partial charge in [-0.1, -0.05) is 54.9 Å². The van der Waals surface area contributed by atoms with Gasteiger partial charge in [-0.2, -0.15) is 0 Å². The number of carbonyl (C=O) groups excluding carboxylic acids is 2. The van der Waals surface area contributed by atoms with Crippen molar-refractivity contribution in [2.45, 2.75) is 18.5 Å². The Labute approximate surface area is 142 Å². The van der Waals surface area contributed by atoms with Gasteiger partial charge < -0.3 is 9.47 Å². The average Bonchev–Trinajstić information content (AvgIpc) is 2.61. The summed E-state index contributed by atoms with van der Waals surface area (Å²) in [5.41, 5.74) is 1.12. The summed E-state index contributed by atoms with van der Waals surface area (Å²) in [6.45, 7) is 0. The van der Waals surface area contributed by atoms with E-state index in [0.29, 0.717) is 23.6 Å². The summed E-state index contributed by atoms with van der Waals surface area (Å²) in [6.07, 6.45) is 1.96. The van der Waals surface area contributed by atoms with E-state index in [1.807, 2.05) is 36.4 Å². The summed E-state index contributed by atoms with van der Waals surface area (Å²) in [4.78, 5) is 24.2. The lowest BCUT2D eigenvalue weighted by molar-refractivity contribution is 0.0527. The number of ether oxygens (including phenoxy) is 2. The molecule has 0 amide bonds. The van der Waals surface area contributed by atoms with Gasteiger partial charge in [-0.3, -0.25) is 0 Å². The molecule has 1 aliphatic heterocycles. The first kappa shape index (κ1) is 16.5. The summed E-state index contributed by atoms with van der Waals surface area (Å²) in [7, 11) is -1.82. The minimum absolute atomic E-state index is 0.302. The first-order valence-corrected chi connectivity index (χ1v) is 11.0. The van der Waals surface area contributed by atoms with Crippen molar-refractivity contribution in [3.05, 3.63) is 71.8 Å². The van der Waals surface area contributed by atoms with Crippen LogP contribution in [0.1, 0.15) is 27.1 Å². The number of hydrogen-bond donors (Lipinski definition) is 0. The fourth-order valence-electron chi connectivity index (χ4n) is 2.76. The molecule has 0 saturated carbocycles. The van der Waals surface area contributed by atoms with E-state index >= 15 is 0 Å². The molecule has 2 aromatic carbocycles. The van der Waals surface area contributed by atoms with Crippen molar-refractivity contribution >= 4 is 20.0 Å². The van der Waals surface area contributed by atoms with Crippen LogP contribution in [-0.4, -0.2) is 32.5 Å². The fourth-order valence-corrected chi connectivity index (χ4v) is 5.65. The van der Waals surface area contributed by atoms with E-state index in [2.05, 4.69) is 0 Å². The molecule has 0 bridgehead atoms. The van der Waals surface area contributed by atoms with Gasteiger partial charge in [0.05, 0.1) is 23.6 Å². The van der Waals surface area contributed by atoms with Crippen LogP contribution in [0.25, 0.3) is 0 Å². The summed E-state index contributed by atoms with van der Waals surface area (Å²) in [5.74, 6) is -0.604. The Morgan fingerprint density at radius 1 is 0.750 bits per heavy atom. The second-order valence-electron chi connectivity index (χ2n) is 6.24. The third-order valence-electron chi connectivity index (χ3n) is 4.45. The highest BCUT2D eigenvalue weighted by Crippen LogP contribution is 2.33. The van der Waals surface area contributed by atoms with Crippen LogP contribution in [0.15, 0.2) is 60.7 Å². The molecule has 1 saturated heterocycles. The van der Waals surface area contributed by atoms with Crippen LogP contribution < -0.4 is 0 Å². The highest BCUT2D eigenvalue weighted by molar-refractivity contribution is 6.82. The first-order valence-electron chi connectivity index (χ1n) is 8.13. The highest BCUT2D eigenvalue weighted by atomic mass is 28.3. The van der Waals surface area contributed by atoms with Crippen molar-refractivity contribution < 1.29 is 19.1 Å². The van der Waals surface area contributed by atoms with E-state index in [-0.39, 0.29) is 11.9 Å². The highest BCUT2D eigenvalue weighted by Gasteiger charge is 2.43. The molecule has 0 unspecified atom stereocenters. The molecule has 0 radical (unpaired) electrons. The second kappa shape index (κ2) is 7.44. The van der Waals surface area contributed by atoms with Crippen LogP contribution in [0.3, 0.4) is 0 Å². The zero-order valence-electron chi connectivity index (χ0n) is 13.4. The van der Waals surface area contributed by atoms with Crippen LogP contribution in [-0.2, 0) is 9.47 Å². The van der Waals surface area contributed by atoms with E-state index in [0.717, 1.165) is 18.5 Å². The first-order chi connectivity index (χ1) is 11.7. The third kappa shape index (κ3) is 3.92. The Bertz CT molecular complexity index is 638. The molecule has 1 heterocycles. The standard InChI is InChI=1S/C19H20O4Si/c20-18(16-8-3-1-4-9-16)22-14-24(12-7-13-24)15-23-19(21)17-10-5-2-6-11-17/h1-6,8-11H,7,12-15H2. The molecule has 1 fully saturated rings. The maximum atomic E-state index is 12.1. The van der Waals surface area contributed by atoms with Crippen molar-refractivity contribution in [1.82, 2.24) is 0 Å². The largest absolute Gasteiger partial charge is 0.466 e. The lowest BCUT2D eigenvalue weighted by atomic mass is 10.2. The maximum absolute atomic E-state index is 12.1. The van der Waals surface area contributed by atoms with Gasteiger partial charge in [-0.25, -0.2) is 9.59 Å². The van der Waals surface area contributed by atoms with Crippen molar-refractivity contribution in [2.24, 2.45) is 0 Å². The molecule has 0 aliphatic carbocycles. The van der Waals surface area contributed by atoms with E-state index < -0.39 is 8.07 Å². The monoisotopic (exact) mass is 340 g/mol. The van der Waals surface area contributed by atoms with Crippen molar-refractivity contribution in [1.29, 1.82) is 0 Å². The van der Waals surface area contributed by atoms with E-state index in [4.69, 9.17) is 9.47 Å². The van der Waals surface area contributed by atoms with Gasteiger partial charge in [0, 0.05) is 0 Å². The SMILES string of the molecule is O=C(OC[Si]1(COC(=O)c2ccccc2)CCC1)c1ccccc1.